The summed E-state index contributed by atoms with van der Waals surface area (Å²) < 4.78 is 0. The predicted molar refractivity (Wildman–Crippen MR) is 58.2 cm³/mol. The molecule has 1 heterocycles. The summed E-state index contributed by atoms with van der Waals surface area (Å²) in [6.45, 7) is 0.802. The Hall–Kier alpha value is -1.35. The normalized spacial score (nSPS) is 15.7. The lowest BCUT2D eigenvalue weighted by atomic mass is 10.1. The first-order valence-electron chi connectivity index (χ1n) is 4.17. The summed E-state index contributed by atoms with van der Waals surface area (Å²) in [4.78, 5) is 0. The van der Waals surface area contributed by atoms with E-state index in [1.807, 2.05) is 18.2 Å². The molecule has 0 aromatic heterocycles. The van der Waals surface area contributed by atoms with Crippen molar-refractivity contribution in [2.45, 2.75) is 0 Å². The number of thiocarbonyl (C=S) groups is 1. The monoisotopic (exact) mass is 190 g/mol. The van der Waals surface area contributed by atoms with Crippen molar-refractivity contribution in [1.29, 1.82) is 0 Å². The maximum atomic E-state index is 5.02. The van der Waals surface area contributed by atoms with Gasteiger partial charge in [0.25, 0.3) is 0 Å². The van der Waals surface area contributed by atoms with Gasteiger partial charge in [-0.1, -0.05) is 30.3 Å². The van der Waals surface area contributed by atoms with Crippen LogP contribution in [0.15, 0.2) is 36.4 Å². The fourth-order valence-electron chi connectivity index (χ4n) is 1.27. The summed E-state index contributed by atoms with van der Waals surface area (Å²) in [6.07, 6.45) is 2.09. The van der Waals surface area contributed by atoms with Gasteiger partial charge >= 0.3 is 0 Å². The second-order valence-electron chi connectivity index (χ2n) is 2.82. The minimum atomic E-state index is 0.696. The van der Waals surface area contributed by atoms with Gasteiger partial charge in [0.05, 0.1) is 0 Å². The Morgan fingerprint density at radius 2 is 1.92 bits per heavy atom. The zero-order chi connectivity index (χ0) is 9.10. The molecule has 2 rings (SSSR count). The quantitative estimate of drug-likeness (QED) is 0.656. The molecule has 0 amide bonds. The van der Waals surface area contributed by atoms with Crippen molar-refractivity contribution >= 4 is 23.0 Å². The van der Waals surface area contributed by atoms with E-state index in [0.717, 1.165) is 12.2 Å². The second-order valence-corrected chi connectivity index (χ2v) is 3.23. The summed E-state index contributed by atoms with van der Waals surface area (Å²) in [6, 6.07) is 10.2. The lowest BCUT2D eigenvalue weighted by Gasteiger charge is -2.18. The molecule has 1 aliphatic heterocycles. The van der Waals surface area contributed by atoms with E-state index >= 15 is 0 Å². The van der Waals surface area contributed by atoms with Gasteiger partial charge in [-0.25, -0.2) is 0 Å². The molecule has 0 bridgehead atoms. The zero-order valence-corrected chi connectivity index (χ0v) is 7.90. The molecule has 2 nitrogen and oxygen atoms in total. The van der Waals surface area contributed by atoms with Crippen LogP contribution in [0.1, 0.15) is 5.56 Å². The Morgan fingerprint density at radius 3 is 2.62 bits per heavy atom. The van der Waals surface area contributed by atoms with Gasteiger partial charge in [-0.2, -0.15) is 0 Å². The molecule has 0 unspecified atom stereocenters. The van der Waals surface area contributed by atoms with Crippen molar-refractivity contribution in [2.75, 3.05) is 6.54 Å². The van der Waals surface area contributed by atoms with Crippen LogP contribution in [0.3, 0.4) is 0 Å². The predicted octanol–water partition coefficient (Wildman–Crippen LogP) is 1.51. The van der Waals surface area contributed by atoms with Crippen molar-refractivity contribution in [3.8, 4) is 0 Å². The van der Waals surface area contributed by atoms with Gasteiger partial charge in [-0.15, -0.1) is 0 Å². The minimum Gasteiger partial charge on any atom is -0.359 e. The zero-order valence-electron chi connectivity index (χ0n) is 7.08. The SMILES string of the molecule is S=C1NCC=C(c2ccccc2)N1. The molecule has 1 aromatic carbocycles. The van der Waals surface area contributed by atoms with Gasteiger partial charge in [-0.3, -0.25) is 0 Å². The number of hydrogen-bond donors (Lipinski definition) is 2. The highest BCUT2D eigenvalue weighted by atomic mass is 32.1. The van der Waals surface area contributed by atoms with Crippen LogP contribution < -0.4 is 10.6 Å². The second kappa shape index (κ2) is 3.58. The molecule has 1 aromatic rings. The van der Waals surface area contributed by atoms with E-state index in [-0.39, 0.29) is 0 Å². The largest absolute Gasteiger partial charge is 0.359 e. The van der Waals surface area contributed by atoms with Crippen LogP contribution in [0.25, 0.3) is 5.70 Å². The Morgan fingerprint density at radius 1 is 1.15 bits per heavy atom. The third-order valence-electron chi connectivity index (χ3n) is 1.90. The number of benzene rings is 1. The van der Waals surface area contributed by atoms with E-state index in [1.54, 1.807) is 0 Å². The van der Waals surface area contributed by atoms with Gasteiger partial charge in [0.1, 0.15) is 0 Å². The molecule has 0 radical (unpaired) electrons. The Labute approximate surface area is 82.7 Å². The summed E-state index contributed by atoms with van der Waals surface area (Å²) in [5, 5.41) is 6.84. The summed E-state index contributed by atoms with van der Waals surface area (Å²) in [7, 11) is 0. The molecular weight excluding hydrogens is 180 g/mol. The van der Waals surface area contributed by atoms with E-state index in [2.05, 4.69) is 28.8 Å². The van der Waals surface area contributed by atoms with Crippen LogP contribution in [0, 0.1) is 0 Å². The lowest BCUT2D eigenvalue weighted by molar-refractivity contribution is 0.979. The van der Waals surface area contributed by atoms with Crippen LogP contribution in [-0.2, 0) is 0 Å². The van der Waals surface area contributed by atoms with Gasteiger partial charge in [0, 0.05) is 12.2 Å². The van der Waals surface area contributed by atoms with Gasteiger partial charge in [0.2, 0.25) is 0 Å². The highest BCUT2D eigenvalue weighted by Crippen LogP contribution is 2.11. The van der Waals surface area contributed by atoms with Crippen molar-refractivity contribution < 1.29 is 0 Å². The molecule has 0 atom stereocenters. The van der Waals surface area contributed by atoms with E-state index in [1.165, 1.54) is 5.56 Å². The fraction of sp³-hybridized carbons (Fsp3) is 0.100. The maximum Gasteiger partial charge on any atom is 0.171 e. The average molecular weight is 190 g/mol. The first-order valence-corrected chi connectivity index (χ1v) is 4.57. The molecule has 66 valence electrons. The van der Waals surface area contributed by atoms with Gasteiger partial charge < -0.3 is 10.6 Å². The molecule has 1 aliphatic rings. The van der Waals surface area contributed by atoms with Crippen LogP contribution in [0.4, 0.5) is 0 Å². The molecule has 0 saturated carbocycles. The standard InChI is InChI=1S/C10H10N2S/c13-10-11-7-6-9(12-10)8-4-2-1-3-5-8/h1-6H,7H2,(H2,11,12,13). The number of nitrogens with one attached hydrogen (secondary N) is 2. The summed E-state index contributed by atoms with van der Waals surface area (Å²) in [5.74, 6) is 0. The topological polar surface area (TPSA) is 24.1 Å². The minimum absolute atomic E-state index is 0.696. The maximum absolute atomic E-state index is 5.02. The number of rotatable bonds is 1. The van der Waals surface area contributed by atoms with E-state index in [9.17, 15) is 0 Å². The van der Waals surface area contributed by atoms with Crippen molar-refractivity contribution in [1.82, 2.24) is 10.6 Å². The molecule has 0 saturated heterocycles. The van der Waals surface area contributed by atoms with Crippen LogP contribution >= 0.6 is 12.2 Å². The van der Waals surface area contributed by atoms with Crippen molar-refractivity contribution in [3.05, 3.63) is 42.0 Å². The van der Waals surface area contributed by atoms with Crippen LogP contribution in [0.2, 0.25) is 0 Å². The van der Waals surface area contributed by atoms with E-state index in [0.29, 0.717) is 5.11 Å². The van der Waals surface area contributed by atoms with Crippen molar-refractivity contribution in [2.24, 2.45) is 0 Å². The van der Waals surface area contributed by atoms with Crippen LogP contribution in [0.5, 0.6) is 0 Å². The summed E-state index contributed by atoms with van der Waals surface area (Å²) in [5.41, 5.74) is 2.26. The highest BCUT2D eigenvalue weighted by molar-refractivity contribution is 7.80. The van der Waals surface area contributed by atoms with E-state index < -0.39 is 0 Å². The molecule has 0 fully saturated rings. The Balaban J connectivity index is 2.27. The first-order chi connectivity index (χ1) is 6.36. The molecule has 13 heavy (non-hydrogen) atoms. The molecular formula is C10H10N2S. The molecule has 0 aliphatic carbocycles. The Kier molecular flexibility index (Phi) is 2.27. The smallest absolute Gasteiger partial charge is 0.171 e. The van der Waals surface area contributed by atoms with Crippen molar-refractivity contribution in [3.63, 3.8) is 0 Å². The average Bonchev–Trinajstić information content (AvgIpc) is 2.19. The molecule has 3 heteroatoms. The van der Waals surface area contributed by atoms with Gasteiger partial charge in [0.15, 0.2) is 5.11 Å². The van der Waals surface area contributed by atoms with Gasteiger partial charge in [-0.05, 0) is 23.9 Å². The number of hydrogen-bond acceptors (Lipinski definition) is 1. The Bertz CT molecular complexity index is 343. The molecule has 2 N–H and O–H groups in total. The highest BCUT2D eigenvalue weighted by Gasteiger charge is 2.06. The van der Waals surface area contributed by atoms with Crippen LogP contribution in [-0.4, -0.2) is 11.7 Å². The first kappa shape index (κ1) is 8.26. The fourth-order valence-corrected chi connectivity index (χ4v) is 1.46. The third kappa shape index (κ3) is 1.87. The summed E-state index contributed by atoms with van der Waals surface area (Å²) >= 11 is 5.02. The molecule has 0 spiro atoms. The third-order valence-corrected chi connectivity index (χ3v) is 2.15. The lowest BCUT2D eigenvalue weighted by Crippen LogP contribution is -2.38. The van der Waals surface area contributed by atoms with E-state index in [4.69, 9.17) is 12.2 Å².